The first-order chi connectivity index (χ1) is 28.7. The van der Waals surface area contributed by atoms with Crippen LogP contribution >= 0.6 is 0 Å². The summed E-state index contributed by atoms with van der Waals surface area (Å²) in [6.07, 6.45) is -15.7. The molecule has 62 heavy (non-hydrogen) atoms. The lowest BCUT2D eigenvalue weighted by Crippen LogP contribution is -2.46. The van der Waals surface area contributed by atoms with E-state index in [1.807, 2.05) is 4.90 Å². The summed E-state index contributed by atoms with van der Waals surface area (Å²) in [5.41, 5.74) is 0.152. The number of aliphatic hydroxyl groups is 1. The lowest BCUT2D eigenvalue weighted by molar-refractivity contribution is -0.231. The number of ether oxygens (including phenoxy) is 2. The Bertz CT molecular complexity index is 2340. The van der Waals surface area contributed by atoms with Crippen LogP contribution in [0, 0.1) is 26.6 Å². The Morgan fingerprint density at radius 1 is 0.806 bits per heavy atom. The number of nitrogens with zero attached hydrogens (tertiary/aromatic N) is 2. The van der Waals surface area contributed by atoms with Crippen LogP contribution in [0.2, 0.25) is 0 Å². The number of nitrogens with one attached hydrogen (secondary N) is 2. The van der Waals surface area contributed by atoms with E-state index in [0.29, 0.717) is 40.2 Å². The number of H-pyrrole nitrogens is 2. The number of morpholine rings is 1. The van der Waals surface area contributed by atoms with Gasteiger partial charge in [0.2, 0.25) is 0 Å². The summed E-state index contributed by atoms with van der Waals surface area (Å²) in [4.78, 5) is 26.9. The fourth-order valence-corrected chi connectivity index (χ4v) is 6.44. The maximum Gasteiger partial charge on any atom is 0.416 e. The zero-order chi connectivity index (χ0) is 46.3. The number of alkyl halides is 9. The molecule has 0 bridgehead atoms. The highest BCUT2D eigenvalue weighted by atomic mass is 19.4. The highest BCUT2D eigenvalue weighted by Gasteiger charge is 2.37. The van der Waals surface area contributed by atoms with E-state index >= 15 is 0 Å². The minimum absolute atomic E-state index is 0.0947. The van der Waals surface area contributed by atoms with Crippen LogP contribution in [-0.4, -0.2) is 50.4 Å². The Labute approximate surface area is 349 Å². The average Bonchev–Trinajstić information content (AvgIpc) is 3.58. The molecule has 1 fully saturated rings. The van der Waals surface area contributed by atoms with E-state index in [-0.39, 0.29) is 30.1 Å². The number of aryl methyl sites for hydroxylation is 3. The molecule has 0 saturated carbocycles. The van der Waals surface area contributed by atoms with Gasteiger partial charge in [-0.15, -0.1) is 0 Å². The SMILES string of the molecule is CC(=O)c1cc(C)cc(C(F)(F)F)c1.Cc1cc([C@@H](C)O)cc(C(F)(F)F)c1.Cc1cc([C@@H](C)OC2OCCN(Cc3n[nH]c(=O)[nH]3)[C@H]2c2ccc(F)cc2)cc(C(F)(F)F)c1. The van der Waals surface area contributed by atoms with Gasteiger partial charge in [0.15, 0.2) is 12.1 Å². The number of aromatic amines is 2. The number of hydrogen-bond donors (Lipinski definition) is 3. The molecule has 19 heteroatoms. The Hall–Kier alpha value is -5.37. The van der Waals surface area contributed by atoms with Crippen molar-refractivity contribution in [1.82, 2.24) is 20.1 Å². The quantitative estimate of drug-likeness (QED) is 0.105. The van der Waals surface area contributed by atoms with E-state index in [9.17, 15) is 58.6 Å². The van der Waals surface area contributed by atoms with Crippen molar-refractivity contribution in [1.29, 1.82) is 0 Å². The summed E-state index contributed by atoms with van der Waals surface area (Å²) in [6.45, 7) is 10.0. The van der Waals surface area contributed by atoms with Gasteiger partial charge in [-0.1, -0.05) is 35.4 Å². The molecule has 0 radical (unpaired) electrons. The molecule has 6 rings (SSSR count). The molecule has 0 spiro atoms. The molecule has 5 aromatic rings. The standard InChI is InChI=1S/C23H24F4N4O3.C10H11F3O.C10H9F3O/c1-13-9-16(11-17(10-13)23(25,26)27)14(2)34-21-20(15-3-5-18(24)6-4-15)31(7-8-33-21)12-19-28-22(32)30-29-19;2*1-6-3-8(7(2)14)5-9(4-6)10(11,12)13/h3-6,9-11,14,20-21H,7-8,12H2,1-2H3,(H2,28,29,30,32);3-5,7,14H,1-2H3;3-5H,1-2H3/t14-,20+,21?;7-;/m11./s1. The van der Waals surface area contributed by atoms with E-state index in [0.717, 1.165) is 36.4 Å². The van der Waals surface area contributed by atoms with E-state index in [1.165, 1.54) is 39.0 Å². The summed E-state index contributed by atoms with van der Waals surface area (Å²) >= 11 is 0. The molecule has 1 aliphatic rings. The van der Waals surface area contributed by atoms with Crippen molar-refractivity contribution in [3.05, 3.63) is 157 Å². The number of rotatable bonds is 8. The number of carbonyl (C=O) groups is 1. The lowest BCUT2D eigenvalue weighted by Gasteiger charge is -2.41. The molecular weight excluding hydrogens is 842 g/mol. The summed E-state index contributed by atoms with van der Waals surface area (Å²) in [5, 5.41) is 15.4. The second-order valence-corrected chi connectivity index (χ2v) is 14.7. The van der Waals surface area contributed by atoms with Gasteiger partial charge in [0.1, 0.15) is 11.6 Å². The number of aliphatic hydroxyl groups excluding tert-OH is 1. The number of aromatic nitrogens is 3. The summed E-state index contributed by atoms with van der Waals surface area (Å²) < 4.78 is 139. The van der Waals surface area contributed by atoms with Crippen LogP contribution in [0.3, 0.4) is 0 Å². The molecule has 336 valence electrons. The molecule has 0 amide bonds. The molecule has 0 aliphatic carbocycles. The van der Waals surface area contributed by atoms with Gasteiger partial charge in [0.05, 0.1) is 48.1 Å². The third-order valence-electron chi connectivity index (χ3n) is 9.38. The first-order valence-corrected chi connectivity index (χ1v) is 18.9. The predicted molar refractivity (Wildman–Crippen MR) is 207 cm³/mol. The fourth-order valence-electron chi connectivity index (χ4n) is 6.44. The second-order valence-electron chi connectivity index (χ2n) is 14.7. The van der Waals surface area contributed by atoms with Crippen LogP contribution < -0.4 is 5.69 Å². The van der Waals surface area contributed by atoms with E-state index in [4.69, 9.17) is 9.47 Å². The Kier molecular flexibility index (Phi) is 16.1. The van der Waals surface area contributed by atoms with Crippen molar-refractivity contribution in [3.8, 4) is 0 Å². The zero-order valence-electron chi connectivity index (χ0n) is 34.2. The zero-order valence-corrected chi connectivity index (χ0v) is 34.2. The Balaban J connectivity index is 0.000000248. The molecule has 4 aromatic carbocycles. The number of hydrogen-bond acceptors (Lipinski definition) is 7. The van der Waals surface area contributed by atoms with Crippen LogP contribution in [0.5, 0.6) is 0 Å². The normalized spacial score (nSPS) is 17.0. The number of Topliss-reactive ketones (excluding diaryl/α,β-unsaturated/α-hetero) is 1. The van der Waals surface area contributed by atoms with E-state index < -0.39 is 71.3 Å². The van der Waals surface area contributed by atoms with Crippen molar-refractivity contribution in [3.63, 3.8) is 0 Å². The molecule has 2 heterocycles. The van der Waals surface area contributed by atoms with Crippen LogP contribution in [0.25, 0.3) is 0 Å². The summed E-state index contributed by atoms with van der Waals surface area (Å²) in [6, 6.07) is 16.0. The second kappa shape index (κ2) is 20.2. The van der Waals surface area contributed by atoms with Gasteiger partial charge in [0, 0.05) is 12.1 Å². The van der Waals surface area contributed by atoms with Crippen molar-refractivity contribution >= 4 is 5.78 Å². The minimum atomic E-state index is -4.48. The lowest BCUT2D eigenvalue weighted by atomic mass is 10.0. The van der Waals surface area contributed by atoms with Gasteiger partial charge >= 0.3 is 24.2 Å². The Morgan fingerprint density at radius 3 is 1.79 bits per heavy atom. The van der Waals surface area contributed by atoms with Crippen molar-refractivity contribution in [2.24, 2.45) is 0 Å². The van der Waals surface area contributed by atoms with Gasteiger partial charge in [-0.3, -0.25) is 14.7 Å². The van der Waals surface area contributed by atoms with Crippen LogP contribution in [-0.2, 0) is 34.5 Å². The number of halogens is 10. The highest BCUT2D eigenvalue weighted by Crippen LogP contribution is 2.37. The number of benzene rings is 4. The first kappa shape index (κ1) is 49.3. The molecule has 1 aromatic heterocycles. The van der Waals surface area contributed by atoms with Crippen LogP contribution in [0.15, 0.2) is 83.7 Å². The first-order valence-electron chi connectivity index (χ1n) is 18.9. The van der Waals surface area contributed by atoms with Gasteiger partial charge in [-0.05, 0) is 118 Å². The predicted octanol–water partition coefficient (Wildman–Crippen LogP) is 10.5. The third kappa shape index (κ3) is 14.1. The Morgan fingerprint density at radius 2 is 1.31 bits per heavy atom. The average molecular weight is 887 g/mol. The van der Waals surface area contributed by atoms with Gasteiger partial charge in [-0.2, -0.15) is 44.6 Å². The fraction of sp³-hybridized carbons (Fsp3) is 0.372. The maximum atomic E-state index is 13.6. The molecule has 3 N–H and O–H groups in total. The van der Waals surface area contributed by atoms with Gasteiger partial charge in [0.25, 0.3) is 0 Å². The van der Waals surface area contributed by atoms with Gasteiger partial charge < -0.3 is 14.6 Å². The van der Waals surface area contributed by atoms with Crippen molar-refractivity contribution in [2.75, 3.05) is 13.2 Å². The molecule has 4 atom stereocenters. The molecule has 1 unspecified atom stereocenters. The van der Waals surface area contributed by atoms with Gasteiger partial charge in [-0.25, -0.2) is 14.3 Å². The third-order valence-corrected chi connectivity index (χ3v) is 9.38. The van der Waals surface area contributed by atoms with Crippen molar-refractivity contribution in [2.45, 2.75) is 91.2 Å². The molecule has 9 nitrogen and oxygen atoms in total. The molecule has 1 aliphatic heterocycles. The van der Waals surface area contributed by atoms with Crippen LogP contribution in [0.4, 0.5) is 43.9 Å². The van der Waals surface area contributed by atoms with Crippen molar-refractivity contribution < 1.29 is 63.3 Å². The topological polar surface area (TPSA) is 121 Å². The van der Waals surface area contributed by atoms with E-state index in [1.54, 1.807) is 45.0 Å². The summed E-state index contributed by atoms with van der Waals surface area (Å²) in [7, 11) is 0. The number of carbonyl (C=O) groups excluding carboxylic acids is 1. The van der Waals surface area contributed by atoms with E-state index in [2.05, 4.69) is 15.2 Å². The highest BCUT2D eigenvalue weighted by molar-refractivity contribution is 5.94. The number of ketones is 1. The smallest absolute Gasteiger partial charge is 0.389 e. The minimum Gasteiger partial charge on any atom is -0.389 e. The summed E-state index contributed by atoms with van der Waals surface area (Å²) in [5.74, 6) is -0.368. The largest absolute Gasteiger partial charge is 0.416 e. The van der Waals surface area contributed by atoms with Crippen LogP contribution in [0.1, 0.15) is 105 Å². The molecular formula is C43H44F10N4O5. The molecule has 1 saturated heterocycles. The maximum absolute atomic E-state index is 13.6. The monoisotopic (exact) mass is 886 g/mol.